The number of carbonyl (C=O) groups excluding carboxylic acids is 1. The van der Waals surface area contributed by atoms with Crippen molar-refractivity contribution in [1.29, 1.82) is 5.26 Å². The molecule has 42 heavy (non-hydrogen) atoms. The second kappa shape index (κ2) is 11.2. The molecular weight excluding hydrogens is 554 g/mol. The van der Waals surface area contributed by atoms with Gasteiger partial charge in [-0.25, -0.2) is 9.78 Å². The largest absolute Gasteiger partial charge is 0.473 e. The third-order valence-corrected chi connectivity index (χ3v) is 9.98. The quantitative estimate of drug-likeness (QED) is 0.377. The van der Waals surface area contributed by atoms with Crippen LogP contribution in [0, 0.1) is 11.3 Å². The van der Waals surface area contributed by atoms with E-state index >= 15 is 0 Å². The molecule has 0 spiro atoms. The molecule has 2 N–H and O–H groups in total. The second-order valence-electron chi connectivity index (χ2n) is 11.7. The molecule has 0 radical (unpaired) electrons. The van der Waals surface area contributed by atoms with Gasteiger partial charge in [0.05, 0.1) is 17.5 Å². The Balaban J connectivity index is 1.46. The van der Waals surface area contributed by atoms with Crippen molar-refractivity contribution in [3.8, 4) is 23.5 Å². The summed E-state index contributed by atoms with van der Waals surface area (Å²) in [5, 5.41) is 15.1. The normalized spacial score (nSPS) is 23.1. The highest BCUT2D eigenvalue weighted by Gasteiger charge is 2.44. The number of cyclic esters (lactones) is 1. The SMILES string of the molecule is CCCc1c(-c2nc(O[C@@H](C)[C@@H]3CCCN3C)cc(N3CCOC3=O)n2)noc1[C@@]1(C)CCCc2sc(N)c(C#N)c21. The van der Waals surface area contributed by atoms with E-state index in [1.807, 2.05) is 0 Å². The van der Waals surface area contributed by atoms with Gasteiger partial charge in [-0.3, -0.25) is 9.80 Å². The highest BCUT2D eigenvalue weighted by molar-refractivity contribution is 7.16. The number of carbonyl (C=O) groups is 1. The Morgan fingerprint density at radius 1 is 1.33 bits per heavy atom. The molecule has 5 heterocycles. The van der Waals surface area contributed by atoms with Crippen LogP contribution in [0.5, 0.6) is 5.88 Å². The Morgan fingerprint density at radius 2 is 2.17 bits per heavy atom. The van der Waals surface area contributed by atoms with Crippen LogP contribution in [0.15, 0.2) is 10.6 Å². The fourth-order valence-corrected chi connectivity index (χ4v) is 8.03. The number of thiophene rings is 1. The Kier molecular flexibility index (Phi) is 7.57. The number of fused-ring (bicyclic) bond motifs is 1. The molecule has 1 aliphatic carbocycles. The van der Waals surface area contributed by atoms with Gasteiger partial charge in [-0.15, -0.1) is 11.3 Å². The zero-order chi connectivity index (χ0) is 29.6. The lowest BCUT2D eigenvalue weighted by molar-refractivity contribution is 0.117. The zero-order valence-corrected chi connectivity index (χ0v) is 25.4. The molecule has 12 heteroatoms. The smallest absolute Gasteiger partial charge is 0.415 e. The molecule has 0 saturated carbocycles. The molecule has 0 aromatic carbocycles. The number of aromatic nitrogens is 3. The molecular formula is C30H37N7O4S. The molecule has 11 nitrogen and oxygen atoms in total. The maximum atomic E-state index is 12.5. The number of rotatable bonds is 8. The first-order valence-corrected chi connectivity index (χ1v) is 15.6. The summed E-state index contributed by atoms with van der Waals surface area (Å²) in [7, 11) is 2.11. The molecule has 3 atom stereocenters. The van der Waals surface area contributed by atoms with E-state index in [2.05, 4.69) is 43.9 Å². The summed E-state index contributed by atoms with van der Waals surface area (Å²) in [5.41, 5.74) is 8.63. The van der Waals surface area contributed by atoms with Crippen LogP contribution in [0.25, 0.3) is 11.5 Å². The van der Waals surface area contributed by atoms with E-state index in [1.54, 1.807) is 6.07 Å². The summed E-state index contributed by atoms with van der Waals surface area (Å²) in [6, 6.07) is 4.31. The van der Waals surface area contributed by atoms with Crippen LogP contribution in [-0.2, 0) is 23.0 Å². The fraction of sp³-hybridized carbons (Fsp3) is 0.567. The first-order valence-electron chi connectivity index (χ1n) is 14.8. The summed E-state index contributed by atoms with van der Waals surface area (Å²) >= 11 is 1.49. The summed E-state index contributed by atoms with van der Waals surface area (Å²) in [6.07, 6.45) is 5.76. The molecule has 6 rings (SSSR count). The molecule has 2 fully saturated rings. The minimum Gasteiger partial charge on any atom is -0.473 e. The molecule has 2 saturated heterocycles. The van der Waals surface area contributed by atoms with Gasteiger partial charge in [0.25, 0.3) is 0 Å². The molecule has 3 aliphatic rings. The van der Waals surface area contributed by atoms with E-state index in [-0.39, 0.29) is 12.1 Å². The predicted molar refractivity (Wildman–Crippen MR) is 159 cm³/mol. The number of hydrogen-bond acceptors (Lipinski definition) is 11. The van der Waals surface area contributed by atoms with Gasteiger partial charge in [0.2, 0.25) is 5.88 Å². The Hall–Kier alpha value is -3.69. The number of anilines is 2. The highest BCUT2D eigenvalue weighted by Crippen LogP contribution is 2.50. The Labute approximate surface area is 249 Å². The van der Waals surface area contributed by atoms with Crippen molar-refractivity contribution < 1.29 is 18.8 Å². The number of nitrogens with two attached hydrogens (primary N) is 1. The van der Waals surface area contributed by atoms with Crippen LogP contribution in [-0.4, -0.2) is 65.0 Å². The van der Waals surface area contributed by atoms with Crippen molar-refractivity contribution in [1.82, 2.24) is 20.0 Å². The van der Waals surface area contributed by atoms with Crippen LogP contribution in [0.4, 0.5) is 15.6 Å². The summed E-state index contributed by atoms with van der Waals surface area (Å²) in [4.78, 5) is 27.1. The third-order valence-electron chi connectivity index (χ3n) is 8.91. The van der Waals surface area contributed by atoms with Gasteiger partial charge in [-0.2, -0.15) is 10.2 Å². The summed E-state index contributed by atoms with van der Waals surface area (Å²) in [5.74, 6) is 1.82. The number of nitrogens with zero attached hydrogens (tertiary/aromatic N) is 6. The Bertz CT molecular complexity index is 1540. The first kappa shape index (κ1) is 28.4. The van der Waals surface area contributed by atoms with Gasteiger partial charge in [0.1, 0.15) is 29.6 Å². The number of ether oxygens (including phenoxy) is 2. The van der Waals surface area contributed by atoms with Gasteiger partial charge in [-0.05, 0) is 71.5 Å². The molecule has 0 bridgehead atoms. The zero-order valence-electron chi connectivity index (χ0n) is 24.6. The van der Waals surface area contributed by atoms with Gasteiger partial charge >= 0.3 is 6.09 Å². The average Bonchev–Trinajstić information content (AvgIpc) is 3.75. The molecule has 0 unspecified atom stereocenters. The lowest BCUT2D eigenvalue weighted by Gasteiger charge is -2.33. The van der Waals surface area contributed by atoms with Gasteiger partial charge < -0.3 is 19.7 Å². The third kappa shape index (κ3) is 4.78. The Morgan fingerprint density at radius 3 is 2.86 bits per heavy atom. The van der Waals surface area contributed by atoms with Crippen LogP contribution < -0.4 is 15.4 Å². The van der Waals surface area contributed by atoms with Crippen molar-refractivity contribution in [2.45, 2.75) is 83.3 Å². The van der Waals surface area contributed by atoms with Crippen LogP contribution in [0.1, 0.15) is 80.2 Å². The first-order chi connectivity index (χ1) is 20.2. The van der Waals surface area contributed by atoms with E-state index in [4.69, 9.17) is 29.7 Å². The number of nitriles is 1. The van der Waals surface area contributed by atoms with Crippen molar-refractivity contribution in [2.75, 3.05) is 37.4 Å². The minimum absolute atomic E-state index is 0.116. The molecule has 2 aliphatic heterocycles. The number of hydrogen-bond donors (Lipinski definition) is 1. The maximum Gasteiger partial charge on any atom is 0.415 e. The fourth-order valence-electron chi connectivity index (χ4n) is 6.84. The highest BCUT2D eigenvalue weighted by atomic mass is 32.1. The van der Waals surface area contributed by atoms with Crippen molar-refractivity contribution in [3.05, 3.63) is 33.4 Å². The predicted octanol–water partition coefficient (Wildman–Crippen LogP) is 5.06. The van der Waals surface area contributed by atoms with Crippen LogP contribution >= 0.6 is 11.3 Å². The van der Waals surface area contributed by atoms with Crippen molar-refractivity contribution in [2.24, 2.45) is 0 Å². The molecule has 3 aromatic heterocycles. The standard InChI is InChI=1S/C30H37N7O4S/c1-5-8-18-25(35-41-26(18)30(3)11-6-10-21-24(30)19(16-31)27(32)42-21)28-33-22(37-13-14-39-29(37)38)15-23(34-28)40-17(2)20-9-7-12-36(20)4/h15,17,20H,5-14,32H2,1-4H3/t17-,20-,30-/m0/s1. The van der Waals surface area contributed by atoms with Gasteiger partial charge in [0.15, 0.2) is 17.3 Å². The number of aryl methyl sites for hydroxylation is 1. The lowest BCUT2D eigenvalue weighted by atomic mass is 9.69. The van der Waals surface area contributed by atoms with E-state index < -0.39 is 11.5 Å². The van der Waals surface area contributed by atoms with E-state index in [9.17, 15) is 10.1 Å². The molecule has 1 amide bonds. The van der Waals surface area contributed by atoms with E-state index in [0.29, 0.717) is 59.1 Å². The number of likely N-dealkylation sites (tertiary alicyclic amines) is 1. The minimum atomic E-state index is -0.570. The van der Waals surface area contributed by atoms with E-state index in [0.717, 1.165) is 61.1 Å². The lowest BCUT2D eigenvalue weighted by Crippen LogP contribution is -2.38. The van der Waals surface area contributed by atoms with Crippen molar-refractivity contribution in [3.63, 3.8) is 0 Å². The maximum absolute atomic E-state index is 12.5. The van der Waals surface area contributed by atoms with Gasteiger partial charge in [-0.1, -0.05) is 18.5 Å². The topological polar surface area (TPSA) is 144 Å². The van der Waals surface area contributed by atoms with E-state index in [1.165, 1.54) is 16.2 Å². The monoisotopic (exact) mass is 591 g/mol. The average molecular weight is 592 g/mol. The number of likely N-dealkylation sites (N-methyl/N-ethyl adjacent to an activating group) is 1. The molecule has 3 aromatic rings. The molecule has 222 valence electrons. The second-order valence-corrected chi connectivity index (χ2v) is 12.8. The number of nitrogen functional groups attached to an aromatic ring is 1. The summed E-state index contributed by atoms with van der Waals surface area (Å²) < 4.78 is 17.8. The number of amides is 1. The van der Waals surface area contributed by atoms with Crippen LogP contribution in [0.2, 0.25) is 0 Å². The van der Waals surface area contributed by atoms with Crippen LogP contribution in [0.3, 0.4) is 0 Å². The van der Waals surface area contributed by atoms with Crippen molar-refractivity contribution >= 4 is 28.2 Å². The van der Waals surface area contributed by atoms with Gasteiger partial charge in [0, 0.05) is 22.5 Å². The summed E-state index contributed by atoms with van der Waals surface area (Å²) in [6.45, 7) is 7.98.